The van der Waals surface area contributed by atoms with E-state index in [0.717, 1.165) is 11.3 Å². The third kappa shape index (κ3) is 4.51. The highest BCUT2D eigenvalue weighted by Crippen LogP contribution is 2.34. The molecule has 1 aliphatic rings. The molecule has 0 saturated carbocycles. The quantitative estimate of drug-likeness (QED) is 0.851. The fourth-order valence-corrected chi connectivity index (χ4v) is 2.66. The number of carbonyl (C=O) groups excluding carboxylic acids is 1. The van der Waals surface area contributed by atoms with Crippen LogP contribution in [0.2, 0.25) is 5.02 Å². The van der Waals surface area contributed by atoms with Crippen molar-refractivity contribution in [3.8, 4) is 5.75 Å². The summed E-state index contributed by atoms with van der Waals surface area (Å²) in [6, 6.07) is 5.38. The Hall–Kier alpha value is -0.970. The normalized spacial score (nSPS) is 21.1. The smallest absolute Gasteiger partial charge is 0.323 e. The number of benzene rings is 1. The maximum absolute atomic E-state index is 11.5. The fourth-order valence-electron chi connectivity index (χ4n) is 2.49. The molecule has 0 radical (unpaired) electrons. The first-order valence-electron chi connectivity index (χ1n) is 7.09. The van der Waals surface area contributed by atoms with Crippen LogP contribution in [0.3, 0.4) is 0 Å². The van der Waals surface area contributed by atoms with Crippen molar-refractivity contribution in [2.24, 2.45) is 0 Å². The lowest BCUT2D eigenvalue weighted by atomic mass is 9.86. The number of rotatable bonds is 3. The van der Waals surface area contributed by atoms with E-state index in [9.17, 15) is 4.79 Å². The fraction of sp³-hybridized carbons (Fsp3) is 0.562. The van der Waals surface area contributed by atoms with E-state index < -0.39 is 0 Å². The molecule has 0 unspecified atom stereocenters. The molecule has 1 N–H and O–H groups in total. The lowest BCUT2D eigenvalue weighted by Gasteiger charge is -2.25. The molecular weight excluding hydrogens is 325 g/mol. The topological polar surface area (TPSA) is 47.6 Å². The second kappa shape index (κ2) is 7.53. The van der Waals surface area contributed by atoms with Crippen LogP contribution in [0.25, 0.3) is 0 Å². The van der Waals surface area contributed by atoms with Gasteiger partial charge in [0.25, 0.3) is 0 Å². The molecule has 1 aromatic rings. The first kappa shape index (κ1) is 19.1. The zero-order valence-electron chi connectivity index (χ0n) is 13.3. The number of methoxy groups -OCH3 is 1. The Labute approximate surface area is 142 Å². The lowest BCUT2D eigenvalue weighted by molar-refractivity contribution is -0.142. The lowest BCUT2D eigenvalue weighted by Crippen LogP contribution is -2.31. The second-order valence-electron chi connectivity index (χ2n) is 6.35. The summed E-state index contributed by atoms with van der Waals surface area (Å²) in [6.07, 6.45) is 0.565. The van der Waals surface area contributed by atoms with E-state index in [-0.39, 0.29) is 35.9 Å². The molecule has 4 nitrogen and oxygen atoms in total. The van der Waals surface area contributed by atoms with E-state index in [0.29, 0.717) is 18.0 Å². The van der Waals surface area contributed by atoms with Crippen LogP contribution in [-0.4, -0.2) is 31.8 Å². The summed E-state index contributed by atoms with van der Waals surface area (Å²) < 4.78 is 10.8. The van der Waals surface area contributed by atoms with Gasteiger partial charge in [0.1, 0.15) is 17.9 Å². The van der Waals surface area contributed by atoms with Gasteiger partial charge in [0.15, 0.2) is 0 Å². The van der Waals surface area contributed by atoms with Crippen molar-refractivity contribution in [2.75, 3.05) is 13.7 Å². The Morgan fingerprint density at radius 3 is 2.64 bits per heavy atom. The zero-order chi connectivity index (χ0) is 15.6. The summed E-state index contributed by atoms with van der Waals surface area (Å²) in [5, 5.41) is 3.82. The molecule has 0 aliphatic carbocycles. The van der Waals surface area contributed by atoms with Gasteiger partial charge < -0.3 is 14.8 Å². The Morgan fingerprint density at radius 1 is 1.36 bits per heavy atom. The molecule has 1 aromatic carbocycles. The second-order valence-corrected chi connectivity index (χ2v) is 6.79. The van der Waals surface area contributed by atoms with Crippen LogP contribution in [0.5, 0.6) is 5.75 Å². The van der Waals surface area contributed by atoms with E-state index in [4.69, 9.17) is 21.1 Å². The first-order valence-corrected chi connectivity index (χ1v) is 7.47. The largest absolute Gasteiger partial charge is 0.489 e. The van der Waals surface area contributed by atoms with E-state index in [2.05, 4.69) is 26.1 Å². The van der Waals surface area contributed by atoms with Crippen LogP contribution in [0.1, 0.15) is 32.8 Å². The molecule has 0 amide bonds. The van der Waals surface area contributed by atoms with Crippen molar-refractivity contribution < 1.29 is 14.3 Å². The molecule has 1 heterocycles. The molecule has 0 spiro atoms. The number of halogens is 2. The monoisotopic (exact) mass is 347 g/mol. The van der Waals surface area contributed by atoms with Gasteiger partial charge >= 0.3 is 5.97 Å². The van der Waals surface area contributed by atoms with Gasteiger partial charge in [-0.2, -0.15) is 0 Å². The number of ether oxygens (including phenoxy) is 2. The van der Waals surface area contributed by atoms with Gasteiger partial charge in [-0.3, -0.25) is 4.79 Å². The SMILES string of the molecule is COC(=O)[C@@H]1C[C@@H](Oc2ccc(Cl)cc2C(C)(C)C)CN1.Cl. The van der Waals surface area contributed by atoms with Crippen molar-refractivity contribution in [1.82, 2.24) is 5.32 Å². The maximum atomic E-state index is 11.5. The van der Waals surface area contributed by atoms with Gasteiger partial charge in [-0.05, 0) is 23.6 Å². The summed E-state index contributed by atoms with van der Waals surface area (Å²) in [5.74, 6) is 0.581. The van der Waals surface area contributed by atoms with Crippen LogP contribution >= 0.6 is 24.0 Å². The molecule has 22 heavy (non-hydrogen) atoms. The van der Waals surface area contributed by atoms with Gasteiger partial charge in [-0.25, -0.2) is 0 Å². The van der Waals surface area contributed by atoms with Crippen LogP contribution in [-0.2, 0) is 14.9 Å². The van der Waals surface area contributed by atoms with Crippen LogP contribution in [0.15, 0.2) is 18.2 Å². The van der Waals surface area contributed by atoms with Crippen LogP contribution in [0, 0.1) is 0 Å². The van der Waals surface area contributed by atoms with E-state index >= 15 is 0 Å². The molecule has 6 heteroatoms. The standard InChI is InChI=1S/C16H22ClNO3.ClH/c1-16(2,3)12-7-10(17)5-6-14(12)21-11-8-13(18-9-11)15(19)20-4;/h5-7,11,13,18H,8-9H2,1-4H3;1H/t11-,13+;/m1./s1. The molecular formula is C16H23Cl2NO3. The number of carbonyl (C=O) groups is 1. The highest BCUT2D eigenvalue weighted by Gasteiger charge is 2.32. The van der Waals surface area contributed by atoms with Gasteiger partial charge in [0.05, 0.1) is 7.11 Å². The minimum absolute atomic E-state index is 0. The highest BCUT2D eigenvalue weighted by atomic mass is 35.5. The van der Waals surface area contributed by atoms with E-state index in [1.54, 1.807) is 0 Å². The van der Waals surface area contributed by atoms with Crippen LogP contribution in [0.4, 0.5) is 0 Å². The van der Waals surface area contributed by atoms with E-state index in [1.807, 2.05) is 18.2 Å². The third-order valence-electron chi connectivity index (χ3n) is 3.62. The highest BCUT2D eigenvalue weighted by molar-refractivity contribution is 6.30. The van der Waals surface area contributed by atoms with Crippen LogP contribution < -0.4 is 10.1 Å². The molecule has 0 aromatic heterocycles. The average molecular weight is 348 g/mol. The number of esters is 1. The molecule has 2 rings (SSSR count). The van der Waals surface area contributed by atoms with Crippen molar-refractivity contribution in [1.29, 1.82) is 0 Å². The zero-order valence-corrected chi connectivity index (χ0v) is 14.9. The van der Waals surface area contributed by atoms with Gasteiger partial charge in [0, 0.05) is 23.6 Å². The van der Waals surface area contributed by atoms with Gasteiger partial charge in [0.2, 0.25) is 0 Å². The van der Waals surface area contributed by atoms with Crippen molar-refractivity contribution in [3.05, 3.63) is 28.8 Å². The maximum Gasteiger partial charge on any atom is 0.323 e. The minimum Gasteiger partial charge on any atom is -0.489 e. The molecule has 2 atom stereocenters. The summed E-state index contributed by atoms with van der Waals surface area (Å²) >= 11 is 6.09. The molecule has 1 aliphatic heterocycles. The molecule has 0 bridgehead atoms. The number of hydrogen-bond acceptors (Lipinski definition) is 4. The van der Waals surface area contributed by atoms with Crippen molar-refractivity contribution in [2.45, 2.75) is 44.8 Å². The third-order valence-corrected chi connectivity index (χ3v) is 3.85. The predicted octanol–water partition coefficient (Wildman–Crippen LogP) is 3.34. The molecule has 1 fully saturated rings. The molecule has 1 saturated heterocycles. The van der Waals surface area contributed by atoms with Gasteiger partial charge in [-0.1, -0.05) is 32.4 Å². The Balaban J connectivity index is 0.00000242. The summed E-state index contributed by atoms with van der Waals surface area (Å²) in [5.41, 5.74) is 1.00. The van der Waals surface area contributed by atoms with Crippen molar-refractivity contribution in [3.63, 3.8) is 0 Å². The predicted molar refractivity (Wildman–Crippen MR) is 90.2 cm³/mol. The first-order chi connectivity index (χ1) is 9.81. The number of hydrogen-bond donors (Lipinski definition) is 1. The summed E-state index contributed by atoms with van der Waals surface area (Å²) in [7, 11) is 1.40. The number of nitrogens with one attached hydrogen (secondary N) is 1. The average Bonchev–Trinajstić information content (AvgIpc) is 2.87. The summed E-state index contributed by atoms with van der Waals surface area (Å²) in [6.45, 7) is 6.99. The Kier molecular flexibility index (Phi) is 6.53. The van der Waals surface area contributed by atoms with Gasteiger partial charge in [-0.15, -0.1) is 12.4 Å². The van der Waals surface area contributed by atoms with Crippen molar-refractivity contribution >= 4 is 30.0 Å². The molecule has 124 valence electrons. The summed E-state index contributed by atoms with van der Waals surface area (Å²) in [4.78, 5) is 11.5. The Morgan fingerprint density at radius 2 is 2.05 bits per heavy atom. The van der Waals surface area contributed by atoms with E-state index in [1.165, 1.54) is 7.11 Å². The Bertz CT molecular complexity index is 529. The minimum atomic E-state index is -0.287.